The van der Waals surface area contributed by atoms with Crippen molar-refractivity contribution in [3.63, 3.8) is 0 Å². The summed E-state index contributed by atoms with van der Waals surface area (Å²) >= 11 is 6.29. The molecule has 164 valence electrons. The van der Waals surface area contributed by atoms with Gasteiger partial charge in [-0.25, -0.2) is 8.42 Å². The summed E-state index contributed by atoms with van der Waals surface area (Å²) in [5, 5.41) is 3.29. The molecule has 0 atom stereocenters. The highest BCUT2D eigenvalue weighted by molar-refractivity contribution is 7.91. The highest BCUT2D eigenvalue weighted by atomic mass is 35.5. The summed E-state index contributed by atoms with van der Waals surface area (Å²) in [5.74, 6) is 0.909. The van der Waals surface area contributed by atoms with Crippen molar-refractivity contribution in [3.05, 3.63) is 88.9 Å². The SMILES string of the molecule is COc1ccc(CNc2oc(-c3ccccc3Cl)nc2S(=O)(=O)c2ccc(C)cc2)cc1. The van der Waals surface area contributed by atoms with Crippen molar-refractivity contribution in [2.45, 2.75) is 23.4 Å². The Morgan fingerprint density at radius 2 is 1.69 bits per heavy atom. The summed E-state index contributed by atoms with van der Waals surface area (Å²) in [4.78, 5) is 4.46. The fourth-order valence-electron chi connectivity index (χ4n) is 3.10. The van der Waals surface area contributed by atoms with Gasteiger partial charge in [-0.1, -0.05) is 53.6 Å². The third-order valence-corrected chi connectivity index (χ3v) is 6.91. The number of aryl methyl sites for hydroxylation is 1. The maximum atomic E-state index is 13.4. The monoisotopic (exact) mass is 468 g/mol. The molecule has 1 aromatic heterocycles. The van der Waals surface area contributed by atoms with E-state index in [0.29, 0.717) is 17.1 Å². The van der Waals surface area contributed by atoms with E-state index in [1.54, 1.807) is 55.6 Å². The molecule has 0 aliphatic rings. The van der Waals surface area contributed by atoms with Crippen LogP contribution in [0, 0.1) is 6.92 Å². The van der Waals surface area contributed by atoms with Crippen LogP contribution in [0.15, 0.2) is 87.1 Å². The van der Waals surface area contributed by atoms with Gasteiger partial charge in [0.25, 0.3) is 0 Å². The van der Waals surface area contributed by atoms with E-state index in [1.807, 2.05) is 31.2 Å². The minimum Gasteiger partial charge on any atom is -0.497 e. The minimum atomic E-state index is -3.93. The van der Waals surface area contributed by atoms with Gasteiger partial charge < -0.3 is 14.5 Å². The largest absolute Gasteiger partial charge is 0.497 e. The number of methoxy groups -OCH3 is 1. The lowest BCUT2D eigenvalue weighted by Gasteiger charge is -2.07. The maximum Gasteiger partial charge on any atom is 0.234 e. The normalized spacial score (nSPS) is 11.3. The standard InChI is InChI=1S/C24H21ClN2O4S/c1-16-7-13-19(14-8-16)32(28,29)24-23(26-15-17-9-11-18(30-2)12-10-17)31-22(27-24)20-5-3-4-6-21(20)25/h3-14,26H,15H2,1-2H3. The van der Waals surface area contributed by atoms with Gasteiger partial charge in [-0.2, -0.15) is 4.98 Å². The average Bonchev–Trinajstić information content (AvgIpc) is 3.23. The van der Waals surface area contributed by atoms with Gasteiger partial charge in [-0.05, 0) is 48.9 Å². The minimum absolute atomic E-state index is 0.0521. The molecule has 0 saturated heterocycles. The Kier molecular flexibility index (Phi) is 6.21. The van der Waals surface area contributed by atoms with Crippen LogP contribution < -0.4 is 10.1 Å². The van der Waals surface area contributed by atoms with Gasteiger partial charge in [0.1, 0.15) is 5.75 Å². The van der Waals surface area contributed by atoms with Gasteiger partial charge in [-0.3, -0.25) is 0 Å². The second-order valence-electron chi connectivity index (χ2n) is 7.15. The van der Waals surface area contributed by atoms with E-state index >= 15 is 0 Å². The van der Waals surface area contributed by atoms with Crippen LogP contribution in [-0.4, -0.2) is 20.5 Å². The average molecular weight is 469 g/mol. The van der Waals surface area contributed by atoms with E-state index < -0.39 is 9.84 Å². The van der Waals surface area contributed by atoms with E-state index in [2.05, 4.69) is 10.3 Å². The van der Waals surface area contributed by atoms with E-state index in [0.717, 1.165) is 16.9 Å². The summed E-state index contributed by atoms with van der Waals surface area (Å²) in [5.41, 5.74) is 2.38. The van der Waals surface area contributed by atoms with E-state index in [1.165, 1.54) is 0 Å². The van der Waals surface area contributed by atoms with Gasteiger partial charge in [0.2, 0.25) is 26.6 Å². The van der Waals surface area contributed by atoms with Crippen LogP contribution >= 0.6 is 11.6 Å². The first kappa shape index (κ1) is 21.9. The highest BCUT2D eigenvalue weighted by Crippen LogP contribution is 2.35. The summed E-state index contributed by atoms with van der Waals surface area (Å²) in [6.45, 7) is 2.22. The molecule has 1 heterocycles. The number of aromatic nitrogens is 1. The number of rotatable bonds is 7. The number of nitrogens with zero attached hydrogens (tertiary/aromatic N) is 1. The number of ether oxygens (including phenoxy) is 1. The van der Waals surface area contributed by atoms with Crippen LogP contribution in [0.3, 0.4) is 0 Å². The zero-order valence-corrected chi connectivity index (χ0v) is 19.1. The summed E-state index contributed by atoms with van der Waals surface area (Å²) in [6, 6.07) is 21.0. The van der Waals surface area contributed by atoms with Crippen molar-refractivity contribution in [1.29, 1.82) is 0 Å². The predicted octanol–water partition coefficient (Wildman–Crippen LogP) is 5.76. The lowest BCUT2D eigenvalue weighted by Crippen LogP contribution is -2.07. The second-order valence-corrected chi connectivity index (χ2v) is 9.42. The number of sulfone groups is 1. The molecule has 0 fully saturated rings. The molecule has 0 saturated carbocycles. The van der Waals surface area contributed by atoms with E-state index in [9.17, 15) is 8.42 Å². The molecule has 0 amide bonds. The topological polar surface area (TPSA) is 81.4 Å². The van der Waals surface area contributed by atoms with Crippen molar-refractivity contribution in [3.8, 4) is 17.2 Å². The molecule has 1 N–H and O–H groups in total. The van der Waals surface area contributed by atoms with Gasteiger partial charge in [0.15, 0.2) is 0 Å². The summed E-state index contributed by atoms with van der Waals surface area (Å²) in [6.07, 6.45) is 0. The number of anilines is 1. The lowest BCUT2D eigenvalue weighted by molar-refractivity contribution is 0.414. The van der Waals surface area contributed by atoms with Gasteiger partial charge >= 0.3 is 0 Å². The fourth-order valence-corrected chi connectivity index (χ4v) is 4.60. The molecule has 4 rings (SSSR count). The highest BCUT2D eigenvalue weighted by Gasteiger charge is 2.29. The Morgan fingerprint density at radius 3 is 2.34 bits per heavy atom. The van der Waals surface area contributed by atoms with E-state index in [-0.39, 0.29) is 21.7 Å². The predicted molar refractivity (Wildman–Crippen MR) is 124 cm³/mol. The van der Waals surface area contributed by atoms with Crippen molar-refractivity contribution < 1.29 is 17.6 Å². The Labute approximate surface area is 191 Å². The number of benzene rings is 3. The van der Waals surface area contributed by atoms with E-state index in [4.69, 9.17) is 20.8 Å². The Bertz CT molecular complexity index is 1330. The zero-order valence-electron chi connectivity index (χ0n) is 17.5. The van der Waals surface area contributed by atoms with Crippen LogP contribution in [0.5, 0.6) is 5.75 Å². The molecule has 4 aromatic rings. The quantitative estimate of drug-likeness (QED) is 0.371. The first-order chi connectivity index (χ1) is 15.4. The second kappa shape index (κ2) is 9.06. The number of oxazole rings is 1. The number of hydrogen-bond acceptors (Lipinski definition) is 6. The molecular weight excluding hydrogens is 448 g/mol. The van der Waals surface area contributed by atoms with Crippen LogP contribution in [-0.2, 0) is 16.4 Å². The van der Waals surface area contributed by atoms with Crippen LogP contribution in [0.1, 0.15) is 11.1 Å². The lowest BCUT2D eigenvalue weighted by atomic mass is 10.2. The Balaban J connectivity index is 1.74. The Morgan fingerprint density at radius 1 is 1.00 bits per heavy atom. The molecule has 8 heteroatoms. The molecule has 0 spiro atoms. The van der Waals surface area contributed by atoms with Crippen LogP contribution in [0.2, 0.25) is 5.02 Å². The molecule has 0 radical (unpaired) electrons. The third kappa shape index (κ3) is 4.49. The molecule has 0 aliphatic carbocycles. The smallest absolute Gasteiger partial charge is 0.234 e. The summed E-state index contributed by atoms with van der Waals surface area (Å²) < 4.78 is 37.8. The molecule has 3 aromatic carbocycles. The van der Waals surface area contributed by atoms with Gasteiger partial charge in [0.05, 0.1) is 22.6 Å². The van der Waals surface area contributed by atoms with Crippen molar-refractivity contribution in [2.24, 2.45) is 0 Å². The van der Waals surface area contributed by atoms with Gasteiger partial charge in [0, 0.05) is 6.54 Å². The molecule has 0 bridgehead atoms. The fraction of sp³-hybridized carbons (Fsp3) is 0.125. The molecule has 32 heavy (non-hydrogen) atoms. The third-order valence-electron chi connectivity index (χ3n) is 4.90. The molecule has 0 aliphatic heterocycles. The maximum absolute atomic E-state index is 13.4. The zero-order chi connectivity index (χ0) is 22.7. The van der Waals surface area contributed by atoms with Crippen molar-refractivity contribution in [1.82, 2.24) is 4.98 Å². The molecular formula is C24H21ClN2O4S. The van der Waals surface area contributed by atoms with Gasteiger partial charge in [-0.15, -0.1) is 0 Å². The first-order valence-corrected chi connectivity index (χ1v) is 11.7. The summed E-state index contributed by atoms with van der Waals surface area (Å²) in [7, 11) is -2.33. The number of hydrogen-bond donors (Lipinski definition) is 1. The Hall–Kier alpha value is -3.29. The van der Waals surface area contributed by atoms with Crippen LogP contribution in [0.25, 0.3) is 11.5 Å². The number of halogens is 1. The first-order valence-electron chi connectivity index (χ1n) is 9.83. The van der Waals surface area contributed by atoms with Crippen LogP contribution in [0.4, 0.5) is 5.88 Å². The number of nitrogens with one attached hydrogen (secondary N) is 1. The molecule has 0 unspecified atom stereocenters. The van der Waals surface area contributed by atoms with Crippen molar-refractivity contribution >= 4 is 27.3 Å². The van der Waals surface area contributed by atoms with Crippen molar-refractivity contribution in [2.75, 3.05) is 12.4 Å². The molecule has 6 nitrogen and oxygen atoms in total.